The van der Waals surface area contributed by atoms with Crippen molar-refractivity contribution in [3.05, 3.63) is 0 Å². The summed E-state index contributed by atoms with van der Waals surface area (Å²) in [5.41, 5.74) is 0. The maximum atomic E-state index is 11.9. The van der Waals surface area contributed by atoms with Crippen LogP contribution in [0.2, 0.25) is 0 Å². The van der Waals surface area contributed by atoms with Gasteiger partial charge in [-0.3, -0.25) is 9.59 Å². The van der Waals surface area contributed by atoms with Gasteiger partial charge >= 0.3 is 24.2 Å². The van der Waals surface area contributed by atoms with E-state index in [1.54, 1.807) is 13.8 Å². The molecule has 2 aliphatic heterocycles. The summed E-state index contributed by atoms with van der Waals surface area (Å²) < 4.78 is 29.0. The van der Waals surface area contributed by atoms with Crippen LogP contribution in [0.3, 0.4) is 0 Å². The number of rotatable bonds is 10. The summed E-state index contributed by atoms with van der Waals surface area (Å²) in [5, 5.41) is 0. The molecule has 0 aromatic rings. The normalized spacial score (nSPS) is 23.5. The van der Waals surface area contributed by atoms with E-state index in [1.807, 2.05) is 0 Å². The summed E-state index contributed by atoms with van der Waals surface area (Å²) in [7, 11) is 0. The van der Waals surface area contributed by atoms with Crippen LogP contribution < -0.4 is 0 Å². The van der Waals surface area contributed by atoms with Gasteiger partial charge < -0.3 is 28.4 Å². The van der Waals surface area contributed by atoms with Crippen molar-refractivity contribution in [3.8, 4) is 0 Å². The summed E-state index contributed by atoms with van der Waals surface area (Å²) in [6.45, 7) is 3.55. The second-order valence-electron chi connectivity index (χ2n) is 6.59. The van der Waals surface area contributed by atoms with E-state index in [1.165, 1.54) is 0 Å². The minimum absolute atomic E-state index is 0.0346. The molecule has 0 aromatic heterocycles. The number of hydrogen-bond acceptors (Lipinski definition) is 10. The van der Waals surface area contributed by atoms with Crippen LogP contribution in [0.1, 0.15) is 33.1 Å². The van der Waals surface area contributed by atoms with E-state index in [0.717, 1.165) is 0 Å². The van der Waals surface area contributed by atoms with Crippen LogP contribution in [0.4, 0.5) is 9.59 Å². The Morgan fingerprint density at radius 1 is 0.889 bits per heavy atom. The van der Waals surface area contributed by atoms with Gasteiger partial charge in [-0.25, -0.2) is 9.59 Å². The Kier molecular flexibility index (Phi) is 7.68. The molecule has 2 heterocycles. The zero-order valence-electron chi connectivity index (χ0n) is 15.3. The standard InChI is InChI=1S/C17H24O10/c1-10(14(18)22-6-12-8-24-16(20)26-12)4-3-5-11(2)15(19)23-7-13-9-25-17(21)27-13/h10-13H,3-9H2,1-2H3. The van der Waals surface area contributed by atoms with Gasteiger partial charge in [0.25, 0.3) is 0 Å². The molecule has 2 aliphatic rings. The highest BCUT2D eigenvalue weighted by atomic mass is 16.8. The molecular weight excluding hydrogens is 364 g/mol. The predicted octanol–water partition coefficient (Wildman–Crippen LogP) is 1.59. The molecular formula is C17H24O10. The quantitative estimate of drug-likeness (QED) is 0.402. The van der Waals surface area contributed by atoms with Crippen LogP contribution >= 0.6 is 0 Å². The van der Waals surface area contributed by atoms with Crippen LogP contribution in [0.15, 0.2) is 0 Å². The van der Waals surface area contributed by atoms with Crippen molar-refractivity contribution in [1.29, 1.82) is 0 Å². The van der Waals surface area contributed by atoms with Gasteiger partial charge in [0.2, 0.25) is 0 Å². The number of carbonyl (C=O) groups is 4. The molecule has 4 unspecified atom stereocenters. The highest BCUT2D eigenvalue weighted by molar-refractivity contribution is 5.72. The molecule has 2 saturated heterocycles. The molecule has 0 saturated carbocycles. The fourth-order valence-electron chi connectivity index (χ4n) is 2.50. The van der Waals surface area contributed by atoms with Gasteiger partial charge in [0.15, 0.2) is 12.2 Å². The van der Waals surface area contributed by atoms with E-state index in [-0.39, 0.29) is 38.3 Å². The van der Waals surface area contributed by atoms with Gasteiger partial charge in [-0.2, -0.15) is 0 Å². The Hall–Kier alpha value is -2.52. The molecule has 10 nitrogen and oxygen atoms in total. The Bertz CT molecular complexity index is 512. The van der Waals surface area contributed by atoms with Crippen molar-refractivity contribution in [2.75, 3.05) is 26.4 Å². The van der Waals surface area contributed by atoms with Crippen molar-refractivity contribution in [2.45, 2.75) is 45.3 Å². The predicted molar refractivity (Wildman–Crippen MR) is 86.5 cm³/mol. The zero-order chi connectivity index (χ0) is 19.8. The summed E-state index contributed by atoms with van der Waals surface area (Å²) >= 11 is 0. The molecule has 0 aromatic carbocycles. The zero-order valence-corrected chi connectivity index (χ0v) is 15.3. The smallest absolute Gasteiger partial charge is 0.461 e. The van der Waals surface area contributed by atoms with Gasteiger partial charge in [0.05, 0.1) is 11.8 Å². The third kappa shape index (κ3) is 6.95. The van der Waals surface area contributed by atoms with E-state index >= 15 is 0 Å². The molecule has 152 valence electrons. The van der Waals surface area contributed by atoms with Crippen LogP contribution in [0.25, 0.3) is 0 Å². The summed E-state index contributed by atoms with van der Waals surface area (Å²) in [6, 6.07) is 0. The number of carbonyl (C=O) groups excluding carboxylic acids is 4. The Labute approximate surface area is 156 Å². The monoisotopic (exact) mass is 388 g/mol. The highest BCUT2D eigenvalue weighted by Gasteiger charge is 2.28. The lowest BCUT2D eigenvalue weighted by atomic mass is 9.99. The van der Waals surface area contributed by atoms with Crippen molar-refractivity contribution in [3.63, 3.8) is 0 Å². The average Bonchev–Trinajstić information content (AvgIpc) is 3.25. The van der Waals surface area contributed by atoms with Crippen molar-refractivity contribution in [1.82, 2.24) is 0 Å². The SMILES string of the molecule is CC(CCCC(C)C(=O)OCC1COC(=O)O1)C(=O)OCC1COC(=O)O1. The fourth-order valence-corrected chi connectivity index (χ4v) is 2.50. The second-order valence-corrected chi connectivity index (χ2v) is 6.59. The van der Waals surface area contributed by atoms with E-state index in [0.29, 0.717) is 19.3 Å². The van der Waals surface area contributed by atoms with Crippen LogP contribution in [-0.2, 0) is 38.0 Å². The van der Waals surface area contributed by atoms with Crippen molar-refractivity contribution in [2.24, 2.45) is 11.8 Å². The summed E-state index contributed by atoms with van der Waals surface area (Å²) in [5.74, 6) is -1.48. The minimum atomic E-state index is -0.761. The van der Waals surface area contributed by atoms with Crippen molar-refractivity contribution < 1.29 is 47.6 Å². The third-order valence-corrected chi connectivity index (χ3v) is 4.20. The first kappa shape index (κ1) is 20.8. The van der Waals surface area contributed by atoms with E-state index < -0.39 is 36.5 Å². The lowest BCUT2D eigenvalue weighted by Gasteiger charge is -2.15. The first-order valence-corrected chi connectivity index (χ1v) is 8.85. The fraction of sp³-hybridized carbons (Fsp3) is 0.765. The molecule has 0 radical (unpaired) electrons. The maximum absolute atomic E-state index is 11.9. The molecule has 2 rings (SSSR count). The van der Waals surface area contributed by atoms with E-state index in [9.17, 15) is 19.2 Å². The molecule has 0 amide bonds. The Morgan fingerprint density at radius 3 is 1.63 bits per heavy atom. The second kappa shape index (κ2) is 9.98. The highest BCUT2D eigenvalue weighted by Crippen LogP contribution is 2.17. The molecule has 27 heavy (non-hydrogen) atoms. The van der Waals surface area contributed by atoms with E-state index in [4.69, 9.17) is 18.9 Å². The molecule has 0 spiro atoms. The molecule has 2 fully saturated rings. The number of ether oxygens (including phenoxy) is 6. The minimum Gasteiger partial charge on any atom is -0.461 e. The van der Waals surface area contributed by atoms with Crippen LogP contribution in [0, 0.1) is 11.8 Å². The topological polar surface area (TPSA) is 124 Å². The lowest BCUT2D eigenvalue weighted by Crippen LogP contribution is -2.25. The lowest BCUT2D eigenvalue weighted by molar-refractivity contribution is -0.150. The number of hydrogen-bond donors (Lipinski definition) is 0. The Morgan fingerprint density at radius 2 is 1.30 bits per heavy atom. The summed E-state index contributed by atoms with van der Waals surface area (Å²) in [6.07, 6.45) is -0.917. The van der Waals surface area contributed by atoms with E-state index in [2.05, 4.69) is 9.47 Å². The molecule has 4 atom stereocenters. The van der Waals surface area contributed by atoms with Gasteiger partial charge in [-0.15, -0.1) is 0 Å². The third-order valence-electron chi connectivity index (χ3n) is 4.20. The average molecular weight is 388 g/mol. The van der Waals surface area contributed by atoms with Gasteiger partial charge in [0.1, 0.15) is 26.4 Å². The first-order chi connectivity index (χ1) is 12.8. The largest absolute Gasteiger partial charge is 0.508 e. The molecule has 0 bridgehead atoms. The van der Waals surface area contributed by atoms with Gasteiger partial charge in [-0.1, -0.05) is 20.3 Å². The Balaban J connectivity index is 1.55. The maximum Gasteiger partial charge on any atom is 0.508 e. The van der Waals surface area contributed by atoms with Crippen molar-refractivity contribution >= 4 is 24.2 Å². The van der Waals surface area contributed by atoms with Crippen LogP contribution in [0.5, 0.6) is 0 Å². The van der Waals surface area contributed by atoms with Crippen LogP contribution in [-0.4, -0.2) is 62.9 Å². The number of esters is 2. The van der Waals surface area contributed by atoms with Gasteiger partial charge in [0, 0.05) is 0 Å². The molecule has 0 aliphatic carbocycles. The first-order valence-electron chi connectivity index (χ1n) is 8.85. The van der Waals surface area contributed by atoms with Gasteiger partial charge in [-0.05, 0) is 12.8 Å². The molecule has 10 heteroatoms. The number of cyclic esters (lactones) is 4. The molecule has 0 N–H and O–H groups in total. The summed E-state index contributed by atoms with van der Waals surface area (Å²) in [4.78, 5) is 45.4.